The molecule has 1 saturated heterocycles. The third-order valence-electron chi connectivity index (χ3n) is 3.83. The van der Waals surface area contributed by atoms with Crippen LogP contribution in [0.15, 0.2) is 0 Å². The molecule has 0 bridgehead atoms. The van der Waals surface area contributed by atoms with Crippen molar-refractivity contribution in [3.05, 3.63) is 11.4 Å². The van der Waals surface area contributed by atoms with Crippen LogP contribution in [-0.4, -0.2) is 39.3 Å². The second-order valence-electron chi connectivity index (χ2n) is 5.25. The largest absolute Gasteiger partial charge is 0.481 e. The van der Waals surface area contributed by atoms with E-state index in [1.807, 2.05) is 0 Å². The molecule has 6 nitrogen and oxygen atoms in total. The van der Waals surface area contributed by atoms with E-state index >= 15 is 0 Å². The van der Waals surface area contributed by atoms with Gasteiger partial charge in [-0.15, -0.1) is 5.10 Å². The number of aryl methyl sites for hydroxylation is 2. The SMILES string of the molecule is CCc1nnc(N2CCC(CCC(=O)O)C2)nc1CC. The van der Waals surface area contributed by atoms with Gasteiger partial charge in [-0.25, -0.2) is 4.98 Å². The quantitative estimate of drug-likeness (QED) is 0.853. The summed E-state index contributed by atoms with van der Waals surface area (Å²) in [5.74, 6) is 0.393. The first-order valence-electron chi connectivity index (χ1n) is 7.33. The molecule has 1 aromatic rings. The molecule has 1 aromatic heterocycles. The zero-order valence-electron chi connectivity index (χ0n) is 12.2. The average molecular weight is 278 g/mol. The number of aliphatic carboxylic acids is 1. The molecule has 0 aliphatic carbocycles. The minimum Gasteiger partial charge on any atom is -0.481 e. The summed E-state index contributed by atoms with van der Waals surface area (Å²) in [6, 6.07) is 0. The maximum absolute atomic E-state index is 10.6. The second kappa shape index (κ2) is 6.63. The van der Waals surface area contributed by atoms with Crippen LogP contribution in [0.25, 0.3) is 0 Å². The van der Waals surface area contributed by atoms with Gasteiger partial charge < -0.3 is 10.0 Å². The predicted octanol–water partition coefficient (Wildman–Crippen LogP) is 1.69. The van der Waals surface area contributed by atoms with E-state index < -0.39 is 5.97 Å². The standard InChI is InChI=1S/C14H22N4O2/c1-3-11-12(4-2)16-17-14(15-11)18-8-7-10(9-18)5-6-13(19)20/h10H,3-9H2,1-2H3,(H,19,20). The van der Waals surface area contributed by atoms with Gasteiger partial charge in [-0.3, -0.25) is 4.79 Å². The lowest BCUT2D eigenvalue weighted by molar-refractivity contribution is -0.137. The molecule has 1 N–H and O–H groups in total. The summed E-state index contributed by atoms with van der Waals surface area (Å²) in [6.45, 7) is 5.86. The zero-order valence-corrected chi connectivity index (χ0v) is 12.2. The fraction of sp³-hybridized carbons (Fsp3) is 0.714. The number of nitrogens with zero attached hydrogens (tertiary/aromatic N) is 4. The van der Waals surface area contributed by atoms with Crippen LogP contribution in [0.2, 0.25) is 0 Å². The Balaban J connectivity index is 2.00. The highest BCUT2D eigenvalue weighted by Crippen LogP contribution is 2.24. The van der Waals surface area contributed by atoms with Crippen molar-refractivity contribution in [3.63, 3.8) is 0 Å². The number of hydrogen-bond donors (Lipinski definition) is 1. The zero-order chi connectivity index (χ0) is 14.5. The van der Waals surface area contributed by atoms with E-state index in [0.29, 0.717) is 11.9 Å². The molecule has 0 saturated carbocycles. The predicted molar refractivity (Wildman–Crippen MR) is 75.8 cm³/mol. The highest BCUT2D eigenvalue weighted by atomic mass is 16.4. The van der Waals surface area contributed by atoms with Gasteiger partial charge in [-0.05, 0) is 31.6 Å². The molecule has 0 spiro atoms. The Bertz CT molecular complexity index is 478. The fourth-order valence-corrected chi connectivity index (χ4v) is 2.64. The van der Waals surface area contributed by atoms with Crippen molar-refractivity contribution < 1.29 is 9.90 Å². The van der Waals surface area contributed by atoms with Crippen molar-refractivity contribution in [2.45, 2.75) is 46.0 Å². The number of anilines is 1. The first kappa shape index (κ1) is 14.7. The van der Waals surface area contributed by atoms with Crippen LogP contribution in [0.4, 0.5) is 5.95 Å². The van der Waals surface area contributed by atoms with Crippen LogP contribution in [0, 0.1) is 5.92 Å². The smallest absolute Gasteiger partial charge is 0.303 e. The van der Waals surface area contributed by atoms with Gasteiger partial charge in [0.25, 0.3) is 0 Å². The molecule has 1 aliphatic heterocycles. The van der Waals surface area contributed by atoms with Crippen LogP contribution in [0.5, 0.6) is 0 Å². The summed E-state index contributed by atoms with van der Waals surface area (Å²) in [5, 5.41) is 17.2. The summed E-state index contributed by atoms with van der Waals surface area (Å²) >= 11 is 0. The molecular weight excluding hydrogens is 256 g/mol. The van der Waals surface area contributed by atoms with Crippen LogP contribution >= 0.6 is 0 Å². The van der Waals surface area contributed by atoms with Crippen molar-refractivity contribution in [1.29, 1.82) is 0 Å². The van der Waals surface area contributed by atoms with Crippen molar-refractivity contribution in [2.75, 3.05) is 18.0 Å². The molecule has 20 heavy (non-hydrogen) atoms. The van der Waals surface area contributed by atoms with Gasteiger partial charge in [0.15, 0.2) is 0 Å². The fourth-order valence-electron chi connectivity index (χ4n) is 2.64. The Morgan fingerprint density at radius 2 is 2.05 bits per heavy atom. The third kappa shape index (κ3) is 3.43. The van der Waals surface area contributed by atoms with Gasteiger partial charge in [-0.1, -0.05) is 13.8 Å². The molecule has 1 fully saturated rings. The number of carboxylic acids is 1. The molecule has 0 amide bonds. The molecule has 6 heteroatoms. The number of hydrogen-bond acceptors (Lipinski definition) is 5. The van der Waals surface area contributed by atoms with Gasteiger partial charge in [0.1, 0.15) is 0 Å². The van der Waals surface area contributed by atoms with Crippen LogP contribution < -0.4 is 4.90 Å². The molecular formula is C14H22N4O2. The number of rotatable bonds is 6. The van der Waals surface area contributed by atoms with Crippen molar-refractivity contribution in [3.8, 4) is 0 Å². The summed E-state index contributed by atoms with van der Waals surface area (Å²) in [5.41, 5.74) is 1.99. The van der Waals surface area contributed by atoms with E-state index in [2.05, 4.69) is 33.9 Å². The van der Waals surface area contributed by atoms with Gasteiger partial charge in [0.2, 0.25) is 5.95 Å². The molecule has 1 atom stereocenters. The lowest BCUT2D eigenvalue weighted by Crippen LogP contribution is -2.23. The van der Waals surface area contributed by atoms with Gasteiger partial charge in [-0.2, -0.15) is 5.10 Å². The number of carbonyl (C=O) groups is 1. The normalized spacial score (nSPS) is 18.5. The van der Waals surface area contributed by atoms with E-state index in [-0.39, 0.29) is 6.42 Å². The van der Waals surface area contributed by atoms with E-state index in [0.717, 1.165) is 50.2 Å². The van der Waals surface area contributed by atoms with E-state index in [4.69, 9.17) is 5.11 Å². The Hall–Kier alpha value is -1.72. The average Bonchev–Trinajstić information content (AvgIpc) is 2.93. The topological polar surface area (TPSA) is 79.2 Å². The lowest BCUT2D eigenvalue weighted by Gasteiger charge is -2.17. The van der Waals surface area contributed by atoms with Crippen LogP contribution in [0.3, 0.4) is 0 Å². The van der Waals surface area contributed by atoms with E-state index in [9.17, 15) is 4.79 Å². The highest BCUT2D eigenvalue weighted by molar-refractivity contribution is 5.66. The number of aromatic nitrogens is 3. The highest BCUT2D eigenvalue weighted by Gasteiger charge is 2.25. The third-order valence-corrected chi connectivity index (χ3v) is 3.83. The van der Waals surface area contributed by atoms with Crippen molar-refractivity contribution in [2.24, 2.45) is 5.92 Å². The molecule has 2 heterocycles. The maximum Gasteiger partial charge on any atom is 0.303 e. The monoisotopic (exact) mass is 278 g/mol. The Morgan fingerprint density at radius 3 is 2.70 bits per heavy atom. The van der Waals surface area contributed by atoms with Crippen LogP contribution in [-0.2, 0) is 17.6 Å². The first-order chi connectivity index (χ1) is 9.63. The summed E-state index contributed by atoms with van der Waals surface area (Å²) in [7, 11) is 0. The van der Waals surface area contributed by atoms with E-state index in [1.54, 1.807) is 0 Å². The van der Waals surface area contributed by atoms with Gasteiger partial charge in [0, 0.05) is 19.5 Å². The van der Waals surface area contributed by atoms with E-state index in [1.165, 1.54) is 0 Å². The van der Waals surface area contributed by atoms with Crippen LogP contribution in [0.1, 0.15) is 44.5 Å². The Morgan fingerprint density at radius 1 is 1.30 bits per heavy atom. The number of carboxylic acid groups (broad SMARTS) is 1. The van der Waals surface area contributed by atoms with Crippen molar-refractivity contribution >= 4 is 11.9 Å². The molecule has 1 aliphatic rings. The maximum atomic E-state index is 10.6. The minimum atomic E-state index is -0.720. The molecule has 0 aromatic carbocycles. The molecule has 110 valence electrons. The van der Waals surface area contributed by atoms with Gasteiger partial charge in [0.05, 0.1) is 11.4 Å². The molecule has 1 unspecified atom stereocenters. The Labute approximate surface area is 119 Å². The van der Waals surface area contributed by atoms with Gasteiger partial charge >= 0.3 is 5.97 Å². The Kier molecular flexibility index (Phi) is 4.87. The first-order valence-corrected chi connectivity index (χ1v) is 7.33. The molecule has 2 rings (SSSR count). The van der Waals surface area contributed by atoms with Crippen molar-refractivity contribution in [1.82, 2.24) is 15.2 Å². The minimum absolute atomic E-state index is 0.243. The lowest BCUT2D eigenvalue weighted by atomic mass is 10.0. The summed E-state index contributed by atoms with van der Waals surface area (Å²) < 4.78 is 0. The summed E-state index contributed by atoms with van der Waals surface area (Å²) in [4.78, 5) is 17.3. The second-order valence-corrected chi connectivity index (χ2v) is 5.25. The summed E-state index contributed by atoms with van der Waals surface area (Å²) in [6.07, 6.45) is 3.69. The molecule has 0 radical (unpaired) electrons.